The van der Waals surface area contributed by atoms with Crippen molar-refractivity contribution in [2.24, 2.45) is 0 Å². The van der Waals surface area contributed by atoms with Crippen molar-refractivity contribution < 1.29 is 24.2 Å². The Morgan fingerprint density at radius 2 is 1.91 bits per heavy atom. The third kappa shape index (κ3) is 2.90. The van der Waals surface area contributed by atoms with Gasteiger partial charge in [0.1, 0.15) is 17.4 Å². The molecule has 1 N–H and O–H groups in total. The molecule has 3 rings (SSSR count). The monoisotopic (exact) mass is 312 g/mol. The summed E-state index contributed by atoms with van der Waals surface area (Å²) in [6, 6.07) is 10.6. The summed E-state index contributed by atoms with van der Waals surface area (Å²) in [5.41, 5.74) is 2.14. The van der Waals surface area contributed by atoms with E-state index >= 15 is 0 Å². The molecular weight excluding hydrogens is 296 g/mol. The van der Waals surface area contributed by atoms with Gasteiger partial charge in [0.25, 0.3) is 0 Å². The molecule has 5 nitrogen and oxygen atoms in total. The van der Waals surface area contributed by atoms with Crippen molar-refractivity contribution in [3.63, 3.8) is 0 Å². The number of hydrogen-bond donors (Lipinski definition) is 1. The van der Waals surface area contributed by atoms with E-state index in [2.05, 4.69) is 0 Å². The number of fused-ring (bicyclic) bond motifs is 1. The highest BCUT2D eigenvalue weighted by molar-refractivity contribution is 6.04. The Bertz CT molecular complexity index is 777. The molecule has 1 aliphatic heterocycles. The van der Waals surface area contributed by atoms with Crippen molar-refractivity contribution in [2.75, 3.05) is 0 Å². The fourth-order valence-corrected chi connectivity index (χ4v) is 2.60. The van der Waals surface area contributed by atoms with Crippen LogP contribution in [0.2, 0.25) is 0 Å². The summed E-state index contributed by atoms with van der Waals surface area (Å²) in [6.45, 7) is 3.20. The minimum absolute atomic E-state index is 0.114. The number of ether oxygens (including phenoxy) is 2. The maximum atomic E-state index is 12.5. The number of carbonyl (C=O) groups is 2. The van der Waals surface area contributed by atoms with Gasteiger partial charge in [-0.05, 0) is 24.6 Å². The van der Waals surface area contributed by atoms with Crippen molar-refractivity contribution in [1.29, 1.82) is 0 Å². The average Bonchev–Trinajstić information content (AvgIpc) is 2.50. The first-order valence-corrected chi connectivity index (χ1v) is 7.26. The van der Waals surface area contributed by atoms with Gasteiger partial charge >= 0.3 is 5.97 Å². The predicted molar refractivity (Wildman–Crippen MR) is 82.9 cm³/mol. The summed E-state index contributed by atoms with van der Waals surface area (Å²) in [4.78, 5) is 23.7. The number of phenolic OH excluding ortho intramolecular Hbond substituents is 1. The van der Waals surface area contributed by atoms with Crippen LogP contribution in [0.25, 0.3) is 0 Å². The second-order valence-electron chi connectivity index (χ2n) is 5.53. The minimum Gasteiger partial charge on any atom is -0.504 e. The van der Waals surface area contributed by atoms with Crippen LogP contribution in [0.1, 0.15) is 40.9 Å². The summed E-state index contributed by atoms with van der Waals surface area (Å²) in [5.74, 6) is -0.931. The molecule has 0 bridgehead atoms. The molecule has 1 unspecified atom stereocenters. The molecule has 0 amide bonds. The van der Waals surface area contributed by atoms with E-state index in [4.69, 9.17) is 9.47 Å². The molecule has 1 aliphatic rings. The Morgan fingerprint density at radius 3 is 2.57 bits per heavy atom. The van der Waals surface area contributed by atoms with E-state index in [0.29, 0.717) is 5.75 Å². The molecule has 5 heteroatoms. The van der Waals surface area contributed by atoms with Crippen molar-refractivity contribution in [3.05, 3.63) is 53.1 Å². The SMILES string of the molecule is CC(=O)Oc1c(O)ccc2c1C(=O)CC(c1ccc(C)cc1)O2. The zero-order valence-corrected chi connectivity index (χ0v) is 12.8. The highest BCUT2D eigenvalue weighted by Crippen LogP contribution is 2.43. The van der Waals surface area contributed by atoms with E-state index in [1.807, 2.05) is 31.2 Å². The van der Waals surface area contributed by atoms with Gasteiger partial charge in [0.15, 0.2) is 17.3 Å². The highest BCUT2D eigenvalue weighted by atomic mass is 16.5. The lowest BCUT2D eigenvalue weighted by atomic mass is 9.95. The molecule has 0 radical (unpaired) electrons. The summed E-state index contributed by atoms with van der Waals surface area (Å²) >= 11 is 0. The molecule has 1 heterocycles. The lowest BCUT2D eigenvalue weighted by Crippen LogP contribution is -2.21. The van der Waals surface area contributed by atoms with E-state index in [0.717, 1.165) is 11.1 Å². The maximum absolute atomic E-state index is 12.5. The van der Waals surface area contributed by atoms with E-state index < -0.39 is 12.1 Å². The van der Waals surface area contributed by atoms with Crippen LogP contribution in [-0.2, 0) is 4.79 Å². The molecule has 0 spiro atoms. The van der Waals surface area contributed by atoms with Gasteiger partial charge in [0.05, 0.1) is 6.42 Å². The summed E-state index contributed by atoms with van der Waals surface area (Å²) in [6.07, 6.45) is -0.279. The number of rotatable bonds is 2. The Labute approximate surface area is 133 Å². The molecule has 1 atom stereocenters. The second-order valence-corrected chi connectivity index (χ2v) is 5.53. The van der Waals surface area contributed by atoms with Gasteiger partial charge in [0.2, 0.25) is 0 Å². The molecule has 0 aromatic heterocycles. The van der Waals surface area contributed by atoms with Crippen LogP contribution in [0.4, 0.5) is 0 Å². The van der Waals surface area contributed by atoms with Crippen LogP contribution in [0.3, 0.4) is 0 Å². The van der Waals surface area contributed by atoms with Crippen molar-refractivity contribution in [1.82, 2.24) is 0 Å². The van der Waals surface area contributed by atoms with Crippen molar-refractivity contribution >= 4 is 11.8 Å². The number of esters is 1. The number of hydrogen-bond acceptors (Lipinski definition) is 5. The Hall–Kier alpha value is -2.82. The Morgan fingerprint density at radius 1 is 1.22 bits per heavy atom. The number of aryl methyl sites for hydroxylation is 1. The van der Waals surface area contributed by atoms with Gasteiger partial charge in [-0.2, -0.15) is 0 Å². The number of benzene rings is 2. The topological polar surface area (TPSA) is 72.8 Å². The standard InChI is InChI=1S/C18H16O5/c1-10-3-5-12(6-4-10)16-9-14(21)17-15(23-16)8-7-13(20)18(17)22-11(2)19/h3-8,16,20H,9H2,1-2H3. The van der Waals surface area contributed by atoms with Crippen LogP contribution < -0.4 is 9.47 Å². The molecule has 0 saturated heterocycles. The van der Waals surface area contributed by atoms with Crippen LogP contribution in [0, 0.1) is 6.92 Å². The summed E-state index contributed by atoms with van der Waals surface area (Å²) in [5, 5.41) is 9.86. The highest BCUT2D eigenvalue weighted by Gasteiger charge is 2.32. The largest absolute Gasteiger partial charge is 0.504 e. The number of Topliss-reactive ketones (excluding diaryl/α,β-unsaturated/α-hetero) is 1. The smallest absolute Gasteiger partial charge is 0.308 e. The van der Waals surface area contributed by atoms with E-state index in [1.165, 1.54) is 19.1 Å². The number of aromatic hydroxyl groups is 1. The maximum Gasteiger partial charge on any atom is 0.308 e. The van der Waals surface area contributed by atoms with Crippen molar-refractivity contribution in [2.45, 2.75) is 26.4 Å². The zero-order valence-electron chi connectivity index (χ0n) is 12.8. The minimum atomic E-state index is -0.609. The fourth-order valence-electron chi connectivity index (χ4n) is 2.60. The molecule has 0 fully saturated rings. The lowest BCUT2D eigenvalue weighted by Gasteiger charge is -2.27. The second kappa shape index (κ2) is 5.76. The lowest BCUT2D eigenvalue weighted by molar-refractivity contribution is -0.132. The third-order valence-electron chi connectivity index (χ3n) is 3.71. The molecule has 118 valence electrons. The number of carbonyl (C=O) groups excluding carboxylic acids is 2. The third-order valence-corrected chi connectivity index (χ3v) is 3.71. The van der Waals surface area contributed by atoms with Gasteiger partial charge in [0, 0.05) is 6.92 Å². The normalized spacial score (nSPS) is 16.4. The van der Waals surface area contributed by atoms with Crippen LogP contribution in [0.15, 0.2) is 36.4 Å². The van der Waals surface area contributed by atoms with Crippen LogP contribution >= 0.6 is 0 Å². The first-order valence-electron chi connectivity index (χ1n) is 7.26. The fraction of sp³-hybridized carbons (Fsp3) is 0.222. The van der Waals surface area contributed by atoms with Gasteiger partial charge in [-0.1, -0.05) is 29.8 Å². The summed E-state index contributed by atoms with van der Waals surface area (Å²) in [7, 11) is 0. The molecule has 2 aromatic carbocycles. The average molecular weight is 312 g/mol. The number of ketones is 1. The van der Waals surface area contributed by atoms with Gasteiger partial charge < -0.3 is 14.6 Å². The molecule has 2 aromatic rings. The van der Waals surface area contributed by atoms with Gasteiger partial charge in [-0.3, -0.25) is 9.59 Å². The first kappa shape index (κ1) is 15.1. The molecular formula is C18H16O5. The van der Waals surface area contributed by atoms with E-state index in [-0.39, 0.29) is 29.3 Å². The zero-order chi connectivity index (χ0) is 16.6. The van der Waals surface area contributed by atoms with Gasteiger partial charge in [-0.25, -0.2) is 0 Å². The molecule has 23 heavy (non-hydrogen) atoms. The quantitative estimate of drug-likeness (QED) is 0.680. The Balaban J connectivity index is 1.99. The predicted octanol–water partition coefficient (Wildman–Crippen LogP) is 3.33. The molecule has 0 aliphatic carbocycles. The van der Waals surface area contributed by atoms with E-state index in [9.17, 15) is 14.7 Å². The van der Waals surface area contributed by atoms with Crippen molar-refractivity contribution in [3.8, 4) is 17.2 Å². The number of phenols is 1. The van der Waals surface area contributed by atoms with Crippen LogP contribution in [0.5, 0.6) is 17.2 Å². The summed E-state index contributed by atoms with van der Waals surface area (Å²) < 4.78 is 10.9. The van der Waals surface area contributed by atoms with E-state index in [1.54, 1.807) is 0 Å². The van der Waals surface area contributed by atoms with Crippen LogP contribution in [-0.4, -0.2) is 16.9 Å². The Kier molecular flexibility index (Phi) is 3.78. The molecule has 0 saturated carbocycles. The van der Waals surface area contributed by atoms with Gasteiger partial charge in [-0.15, -0.1) is 0 Å². The first-order chi connectivity index (χ1) is 11.0.